The average Bonchev–Trinajstić information content (AvgIpc) is 1.64. The van der Waals surface area contributed by atoms with Crippen LogP contribution in [0.5, 0.6) is 0 Å². The molecule has 2 nitrogen and oxygen atoms in total. The fraction of sp³-hybridized carbons (Fsp3) is 1.00. The molecule has 1 rings (SSSR count). The van der Waals surface area contributed by atoms with E-state index in [1.54, 1.807) is 7.11 Å². The molecule has 48 valence electrons. The number of hydrogen-bond donors (Lipinski definition) is 1. The van der Waals surface area contributed by atoms with E-state index in [2.05, 4.69) is 0 Å². The van der Waals surface area contributed by atoms with E-state index < -0.39 is 0 Å². The molecule has 1 fully saturated rings. The van der Waals surface area contributed by atoms with E-state index in [9.17, 15) is 0 Å². The molecule has 0 aromatic heterocycles. The number of rotatable bonds is 2. The second-order valence-corrected chi connectivity index (χ2v) is 2.45. The van der Waals surface area contributed by atoms with Gasteiger partial charge in [0.1, 0.15) is 0 Å². The Morgan fingerprint density at radius 1 is 1.62 bits per heavy atom. The van der Waals surface area contributed by atoms with Gasteiger partial charge in [-0.25, -0.2) is 0 Å². The second-order valence-electron chi connectivity index (χ2n) is 2.45. The normalized spacial score (nSPS) is 36.8. The predicted molar refractivity (Wildman–Crippen MR) is 30.6 cm³/mol. The van der Waals surface area contributed by atoms with Crippen LogP contribution in [0.2, 0.25) is 0 Å². The maximum atomic E-state index is 8.79. The van der Waals surface area contributed by atoms with Gasteiger partial charge in [-0.2, -0.15) is 0 Å². The van der Waals surface area contributed by atoms with Crippen molar-refractivity contribution in [3.05, 3.63) is 0 Å². The lowest BCUT2D eigenvalue weighted by Crippen LogP contribution is -2.31. The van der Waals surface area contributed by atoms with Gasteiger partial charge < -0.3 is 9.84 Å². The zero-order chi connectivity index (χ0) is 5.98. The zero-order valence-corrected chi connectivity index (χ0v) is 5.13. The second kappa shape index (κ2) is 2.46. The van der Waals surface area contributed by atoms with Crippen molar-refractivity contribution in [2.45, 2.75) is 18.9 Å². The first kappa shape index (κ1) is 6.05. The van der Waals surface area contributed by atoms with Crippen LogP contribution >= 0.6 is 0 Å². The fourth-order valence-corrected chi connectivity index (χ4v) is 1.07. The fourth-order valence-electron chi connectivity index (χ4n) is 1.07. The summed E-state index contributed by atoms with van der Waals surface area (Å²) in [6.07, 6.45) is 1.84. The molecule has 0 aromatic carbocycles. The van der Waals surface area contributed by atoms with Crippen LogP contribution < -0.4 is 0 Å². The highest BCUT2D eigenvalue weighted by atomic mass is 16.5. The van der Waals surface area contributed by atoms with Crippen LogP contribution in [0.15, 0.2) is 0 Å². The Morgan fingerprint density at radius 2 is 2.25 bits per heavy atom. The Bertz CT molecular complexity index is 64.2. The molecular formula is C6H12O2. The van der Waals surface area contributed by atoms with Crippen molar-refractivity contribution >= 4 is 0 Å². The Labute approximate surface area is 49.5 Å². The summed E-state index contributed by atoms with van der Waals surface area (Å²) >= 11 is 0. The molecule has 1 saturated carbocycles. The van der Waals surface area contributed by atoms with E-state index >= 15 is 0 Å². The lowest BCUT2D eigenvalue weighted by Gasteiger charge is -2.30. The van der Waals surface area contributed by atoms with E-state index in [-0.39, 0.29) is 6.10 Å². The first-order chi connectivity index (χ1) is 3.83. The minimum absolute atomic E-state index is 0.0323. The monoisotopic (exact) mass is 116 g/mol. The molecule has 0 radical (unpaired) electrons. The molecule has 0 aromatic rings. The summed E-state index contributed by atoms with van der Waals surface area (Å²) in [5.41, 5.74) is 0. The Morgan fingerprint density at radius 3 is 2.62 bits per heavy atom. The third kappa shape index (κ3) is 1.20. The van der Waals surface area contributed by atoms with Crippen molar-refractivity contribution in [3.63, 3.8) is 0 Å². The number of methoxy groups -OCH3 is 1. The van der Waals surface area contributed by atoms with Gasteiger partial charge in [0.25, 0.3) is 0 Å². The van der Waals surface area contributed by atoms with Crippen molar-refractivity contribution in [1.29, 1.82) is 0 Å². The van der Waals surface area contributed by atoms with Crippen LogP contribution in [-0.4, -0.2) is 24.9 Å². The van der Waals surface area contributed by atoms with Crippen LogP contribution in [0.1, 0.15) is 12.8 Å². The molecule has 0 atom stereocenters. The Kier molecular flexibility index (Phi) is 1.86. The lowest BCUT2D eigenvalue weighted by molar-refractivity contribution is 0.00294. The van der Waals surface area contributed by atoms with Crippen molar-refractivity contribution < 1.29 is 9.84 Å². The molecular weight excluding hydrogens is 104 g/mol. The van der Waals surface area contributed by atoms with Crippen molar-refractivity contribution in [2.24, 2.45) is 5.92 Å². The van der Waals surface area contributed by atoms with E-state index in [0.29, 0.717) is 5.92 Å². The van der Waals surface area contributed by atoms with Crippen molar-refractivity contribution in [1.82, 2.24) is 0 Å². The van der Waals surface area contributed by atoms with Crippen LogP contribution in [-0.2, 0) is 4.74 Å². The summed E-state index contributed by atoms with van der Waals surface area (Å²) in [7, 11) is 1.70. The molecule has 1 aliphatic carbocycles. The van der Waals surface area contributed by atoms with E-state index in [4.69, 9.17) is 9.84 Å². The number of aliphatic hydroxyl groups excluding tert-OH is 1. The van der Waals surface area contributed by atoms with Crippen molar-refractivity contribution in [2.75, 3.05) is 13.7 Å². The van der Waals surface area contributed by atoms with Crippen LogP contribution in [0.25, 0.3) is 0 Å². The van der Waals surface area contributed by atoms with Gasteiger partial charge in [-0.1, -0.05) is 0 Å². The lowest BCUT2D eigenvalue weighted by atomic mass is 9.83. The maximum Gasteiger partial charge on any atom is 0.0547 e. The molecule has 0 saturated heterocycles. The number of aliphatic hydroxyl groups is 1. The maximum absolute atomic E-state index is 8.79. The van der Waals surface area contributed by atoms with E-state index in [1.165, 1.54) is 0 Å². The third-order valence-electron chi connectivity index (χ3n) is 1.61. The molecule has 2 heteroatoms. The minimum atomic E-state index is -0.0323. The smallest absolute Gasteiger partial charge is 0.0547 e. The predicted octanol–water partition coefficient (Wildman–Crippen LogP) is 0.404. The number of ether oxygens (including phenoxy) is 1. The summed E-state index contributed by atoms with van der Waals surface area (Å²) in [5.74, 6) is 0.634. The molecule has 0 heterocycles. The standard InChI is InChI=1S/C6H12O2/c1-8-4-5-2-6(7)3-5/h5-7H,2-4H2,1H3. The number of hydrogen-bond acceptors (Lipinski definition) is 2. The van der Waals surface area contributed by atoms with E-state index in [1.807, 2.05) is 0 Å². The van der Waals surface area contributed by atoms with Crippen LogP contribution in [0.3, 0.4) is 0 Å². The van der Waals surface area contributed by atoms with Gasteiger partial charge in [-0.15, -0.1) is 0 Å². The summed E-state index contributed by atoms with van der Waals surface area (Å²) < 4.78 is 4.88. The Balaban J connectivity index is 1.98. The SMILES string of the molecule is COCC1CC(O)C1. The Hall–Kier alpha value is -0.0800. The van der Waals surface area contributed by atoms with Gasteiger partial charge in [0.05, 0.1) is 6.10 Å². The first-order valence-electron chi connectivity index (χ1n) is 3.00. The van der Waals surface area contributed by atoms with Gasteiger partial charge in [0.2, 0.25) is 0 Å². The van der Waals surface area contributed by atoms with Gasteiger partial charge >= 0.3 is 0 Å². The largest absolute Gasteiger partial charge is 0.393 e. The quantitative estimate of drug-likeness (QED) is 0.566. The molecule has 0 bridgehead atoms. The molecule has 0 spiro atoms. The summed E-state index contributed by atoms with van der Waals surface area (Å²) in [5, 5.41) is 8.79. The average molecular weight is 116 g/mol. The highest BCUT2D eigenvalue weighted by molar-refractivity contribution is 4.77. The van der Waals surface area contributed by atoms with Gasteiger partial charge in [-0.3, -0.25) is 0 Å². The van der Waals surface area contributed by atoms with Gasteiger partial charge in [0.15, 0.2) is 0 Å². The van der Waals surface area contributed by atoms with Crippen LogP contribution in [0.4, 0.5) is 0 Å². The van der Waals surface area contributed by atoms with Crippen LogP contribution in [0, 0.1) is 5.92 Å². The van der Waals surface area contributed by atoms with Gasteiger partial charge in [0, 0.05) is 13.7 Å². The van der Waals surface area contributed by atoms with E-state index in [0.717, 1.165) is 19.4 Å². The van der Waals surface area contributed by atoms with Gasteiger partial charge in [-0.05, 0) is 18.8 Å². The molecule has 0 amide bonds. The van der Waals surface area contributed by atoms with Crippen molar-refractivity contribution in [3.8, 4) is 0 Å². The molecule has 0 unspecified atom stereocenters. The minimum Gasteiger partial charge on any atom is -0.393 e. The first-order valence-corrected chi connectivity index (χ1v) is 3.00. The summed E-state index contributed by atoms with van der Waals surface area (Å²) in [6, 6.07) is 0. The molecule has 1 aliphatic rings. The third-order valence-corrected chi connectivity index (χ3v) is 1.61. The topological polar surface area (TPSA) is 29.5 Å². The highest BCUT2D eigenvalue weighted by Crippen LogP contribution is 2.26. The molecule has 1 N–H and O–H groups in total. The summed E-state index contributed by atoms with van der Waals surface area (Å²) in [4.78, 5) is 0. The summed E-state index contributed by atoms with van der Waals surface area (Å²) in [6.45, 7) is 0.817. The molecule has 0 aliphatic heterocycles. The highest BCUT2D eigenvalue weighted by Gasteiger charge is 2.26. The molecule has 8 heavy (non-hydrogen) atoms. The zero-order valence-electron chi connectivity index (χ0n) is 5.13.